The first-order valence-corrected chi connectivity index (χ1v) is 3.80. The Bertz CT molecular complexity index is 135. The van der Waals surface area contributed by atoms with Crippen molar-refractivity contribution in [2.45, 2.75) is 0 Å². The summed E-state index contributed by atoms with van der Waals surface area (Å²) in [5, 5.41) is 9.59. The van der Waals surface area contributed by atoms with Gasteiger partial charge in [-0.1, -0.05) is 0 Å². The highest BCUT2D eigenvalue weighted by atomic mass is 32.2. The summed E-state index contributed by atoms with van der Waals surface area (Å²) in [6, 6.07) is 0. The van der Waals surface area contributed by atoms with Crippen molar-refractivity contribution in [3.05, 3.63) is 0 Å². The molecule has 8 heavy (non-hydrogen) atoms. The maximum absolute atomic E-state index is 10.0. The van der Waals surface area contributed by atoms with Gasteiger partial charge in [0.1, 0.15) is 6.61 Å². The Balaban J connectivity index is 3.42. The highest BCUT2D eigenvalue weighted by molar-refractivity contribution is 7.85. The smallest absolute Gasteiger partial charge is 0.264 e. The molecule has 0 saturated heterocycles. The zero-order chi connectivity index (χ0) is 6.62. The van der Waals surface area contributed by atoms with Crippen LogP contribution in [0.3, 0.4) is 0 Å². The predicted octanol–water partition coefficient (Wildman–Crippen LogP) is -0.607. The highest BCUT2D eigenvalue weighted by Crippen LogP contribution is 1.82. The van der Waals surface area contributed by atoms with E-state index < -0.39 is 16.7 Å². The quantitative estimate of drug-likeness (QED) is 0.490. The van der Waals surface area contributed by atoms with E-state index in [1.54, 1.807) is 0 Å². The van der Waals surface area contributed by atoms with Crippen molar-refractivity contribution in [2.75, 3.05) is 19.5 Å². The molecule has 0 aliphatic rings. The van der Waals surface area contributed by atoms with E-state index in [2.05, 4.69) is 4.18 Å². The molecule has 0 aromatic rings. The van der Waals surface area contributed by atoms with Gasteiger partial charge in [0, 0.05) is 0 Å². The van der Waals surface area contributed by atoms with E-state index in [0.29, 0.717) is 0 Å². The molecule has 0 aliphatic carbocycles. The lowest BCUT2D eigenvalue weighted by Gasteiger charge is -1.92. The Morgan fingerprint density at radius 3 is 2.12 bits per heavy atom. The van der Waals surface area contributed by atoms with Crippen LogP contribution >= 0.6 is 0 Å². The molecule has 5 heteroatoms. The summed E-state index contributed by atoms with van der Waals surface area (Å²) in [7, 11) is -3.39. The second kappa shape index (κ2) is 3.01. The second-order valence-corrected chi connectivity index (χ2v) is 2.87. The van der Waals surface area contributed by atoms with Crippen molar-refractivity contribution in [3.63, 3.8) is 0 Å². The van der Waals surface area contributed by atoms with Crippen molar-refractivity contribution >= 4 is 10.1 Å². The summed E-state index contributed by atoms with van der Waals surface area (Å²) in [5.41, 5.74) is 0. The molecule has 0 aromatic carbocycles. The maximum Gasteiger partial charge on any atom is 0.264 e. The highest BCUT2D eigenvalue weighted by Gasteiger charge is 1.97. The van der Waals surface area contributed by atoms with E-state index >= 15 is 0 Å². The molecule has 0 unspecified atom stereocenters. The fourth-order valence-corrected chi connectivity index (χ4v) is 0.556. The zero-order valence-electron chi connectivity index (χ0n) is 4.46. The first kappa shape index (κ1) is 7.87. The molecule has 0 N–H and O–H groups in total. The average Bonchev–Trinajstić information content (AvgIpc) is 1.59. The minimum atomic E-state index is -3.39. The Kier molecular flexibility index (Phi) is 2.96. The Morgan fingerprint density at radius 2 is 2.00 bits per heavy atom. The Labute approximate surface area is 48.2 Å². The SMILES string of the molecule is CS(=O)(=O)OCC[O]. The van der Waals surface area contributed by atoms with Gasteiger partial charge in [-0.25, -0.2) is 5.11 Å². The molecule has 1 radical (unpaired) electrons. The molecule has 0 saturated carbocycles. The molecular formula is C3H7O4S. The average molecular weight is 139 g/mol. The van der Waals surface area contributed by atoms with Crippen molar-refractivity contribution in [2.24, 2.45) is 0 Å². The van der Waals surface area contributed by atoms with Gasteiger partial charge < -0.3 is 0 Å². The van der Waals surface area contributed by atoms with Gasteiger partial charge in [-0.3, -0.25) is 4.18 Å². The van der Waals surface area contributed by atoms with E-state index in [-0.39, 0.29) is 6.61 Å². The summed E-state index contributed by atoms with van der Waals surface area (Å²) in [4.78, 5) is 0. The number of rotatable bonds is 3. The molecule has 0 fully saturated rings. The van der Waals surface area contributed by atoms with Crippen molar-refractivity contribution in [1.29, 1.82) is 0 Å². The zero-order valence-corrected chi connectivity index (χ0v) is 5.27. The summed E-state index contributed by atoms with van der Waals surface area (Å²) in [6.07, 6.45) is 0.905. The van der Waals surface area contributed by atoms with Crippen molar-refractivity contribution < 1.29 is 17.7 Å². The van der Waals surface area contributed by atoms with E-state index in [9.17, 15) is 13.5 Å². The molecule has 0 aliphatic heterocycles. The van der Waals surface area contributed by atoms with Crippen molar-refractivity contribution in [3.8, 4) is 0 Å². The van der Waals surface area contributed by atoms with Crippen LogP contribution in [0.15, 0.2) is 0 Å². The lowest BCUT2D eigenvalue weighted by Crippen LogP contribution is -2.05. The summed E-state index contributed by atoms with van der Waals surface area (Å²) in [6.45, 7) is -0.786. The normalized spacial score (nSPS) is 11.8. The maximum atomic E-state index is 10.0. The fourth-order valence-electron chi connectivity index (χ4n) is 0.185. The van der Waals surface area contributed by atoms with Crippen LogP contribution in [0, 0.1) is 0 Å². The minimum absolute atomic E-state index is 0.265. The van der Waals surface area contributed by atoms with Gasteiger partial charge in [0.2, 0.25) is 0 Å². The first-order valence-electron chi connectivity index (χ1n) is 1.99. The van der Waals surface area contributed by atoms with E-state index in [1.807, 2.05) is 0 Å². The number of hydrogen-bond donors (Lipinski definition) is 0. The van der Waals surface area contributed by atoms with Gasteiger partial charge in [0.05, 0.1) is 12.9 Å². The minimum Gasteiger partial charge on any atom is -0.268 e. The second-order valence-electron chi connectivity index (χ2n) is 1.23. The van der Waals surface area contributed by atoms with Gasteiger partial charge in [0.25, 0.3) is 10.1 Å². The van der Waals surface area contributed by atoms with Crippen molar-refractivity contribution in [1.82, 2.24) is 0 Å². The molecular weight excluding hydrogens is 132 g/mol. The molecule has 0 atom stereocenters. The van der Waals surface area contributed by atoms with E-state index in [1.165, 1.54) is 0 Å². The van der Waals surface area contributed by atoms with E-state index in [4.69, 9.17) is 0 Å². The van der Waals surface area contributed by atoms with Gasteiger partial charge in [-0.05, 0) is 0 Å². The molecule has 0 rings (SSSR count). The molecule has 4 nitrogen and oxygen atoms in total. The third-order valence-corrected chi connectivity index (χ3v) is 0.976. The van der Waals surface area contributed by atoms with Crippen LogP contribution in [-0.2, 0) is 19.4 Å². The van der Waals surface area contributed by atoms with Crippen LogP contribution in [0.4, 0.5) is 0 Å². The third-order valence-electron chi connectivity index (χ3n) is 0.381. The van der Waals surface area contributed by atoms with Crippen LogP contribution in [0.25, 0.3) is 0 Å². The molecule has 49 valence electrons. The predicted molar refractivity (Wildman–Crippen MR) is 26.3 cm³/mol. The first-order chi connectivity index (χ1) is 3.56. The van der Waals surface area contributed by atoms with Gasteiger partial charge >= 0.3 is 0 Å². The third kappa shape index (κ3) is 5.87. The van der Waals surface area contributed by atoms with Crippen LogP contribution in [-0.4, -0.2) is 27.9 Å². The summed E-state index contributed by atoms with van der Waals surface area (Å²) >= 11 is 0. The fraction of sp³-hybridized carbons (Fsp3) is 1.00. The van der Waals surface area contributed by atoms with E-state index in [0.717, 1.165) is 6.26 Å². The largest absolute Gasteiger partial charge is 0.268 e. The standard InChI is InChI=1S/C3H7O4S/c1-8(5,6)7-3-2-4/h2-3H2,1H3. The molecule has 0 aromatic heterocycles. The van der Waals surface area contributed by atoms with Gasteiger partial charge in [0.15, 0.2) is 0 Å². The monoisotopic (exact) mass is 139 g/mol. The van der Waals surface area contributed by atoms with Crippen LogP contribution in [0.1, 0.15) is 0 Å². The number of hydrogen-bond acceptors (Lipinski definition) is 3. The Morgan fingerprint density at radius 1 is 1.50 bits per heavy atom. The molecule has 0 amide bonds. The van der Waals surface area contributed by atoms with Crippen LogP contribution < -0.4 is 0 Å². The summed E-state index contributed by atoms with van der Waals surface area (Å²) < 4.78 is 24.1. The Hall–Kier alpha value is -0.130. The summed E-state index contributed by atoms with van der Waals surface area (Å²) in [5.74, 6) is 0. The molecule has 0 heterocycles. The lowest BCUT2D eigenvalue weighted by molar-refractivity contribution is 0.141. The lowest BCUT2D eigenvalue weighted by atomic mass is 10.8. The van der Waals surface area contributed by atoms with Crippen LogP contribution in [0.5, 0.6) is 0 Å². The van der Waals surface area contributed by atoms with Gasteiger partial charge in [-0.2, -0.15) is 8.42 Å². The van der Waals surface area contributed by atoms with Crippen LogP contribution in [0.2, 0.25) is 0 Å². The molecule has 0 spiro atoms. The van der Waals surface area contributed by atoms with Gasteiger partial charge in [-0.15, -0.1) is 0 Å². The molecule has 0 bridgehead atoms. The topological polar surface area (TPSA) is 63.3 Å².